The van der Waals surface area contributed by atoms with Crippen LogP contribution in [-0.2, 0) is 19.1 Å². The number of likely N-dealkylation sites (tertiary alicyclic amines) is 2. The minimum Gasteiger partial charge on any atom is -0.456 e. The molecule has 4 N–H and O–H groups in total. The summed E-state index contributed by atoms with van der Waals surface area (Å²) in [5.74, 6) is 0.663. The van der Waals surface area contributed by atoms with Gasteiger partial charge >= 0.3 is 12.2 Å². The zero-order valence-corrected chi connectivity index (χ0v) is 35.0. The van der Waals surface area contributed by atoms with Crippen molar-refractivity contribution >= 4 is 57.0 Å². The van der Waals surface area contributed by atoms with Crippen molar-refractivity contribution in [3.8, 4) is 22.4 Å². The van der Waals surface area contributed by atoms with Crippen LogP contribution in [0.3, 0.4) is 0 Å². The van der Waals surface area contributed by atoms with Crippen LogP contribution in [0.25, 0.3) is 55.4 Å². The maximum Gasteiger partial charge on any atom is 0.407 e. The van der Waals surface area contributed by atoms with E-state index in [4.69, 9.17) is 18.9 Å². The molecule has 2 saturated heterocycles. The number of benzene rings is 3. The first-order valence-electron chi connectivity index (χ1n) is 20.7. The second-order valence-electron chi connectivity index (χ2n) is 16.5. The number of aromatic nitrogens is 4. The third-order valence-electron chi connectivity index (χ3n) is 11.9. The molecule has 2 fully saturated rings. The molecule has 0 saturated carbocycles. The predicted molar refractivity (Wildman–Crippen MR) is 228 cm³/mol. The number of amides is 4. The van der Waals surface area contributed by atoms with E-state index in [1.807, 2.05) is 64.1 Å². The highest BCUT2D eigenvalue weighted by Gasteiger charge is 2.39. The van der Waals surface area contributed by atoms with E-state index < -0.39 is 24.3 Å². The molecule has 2 aliphatic heterocycles. The Bertz CT molecular complexity index is 2720. The lowest BCUT2D eigenvalue weighted by molar-refractivity contribution is -0.136. The molecule has 5 heterocycles. The molecule has 0 aliphatic carbocycles. The number of H-pyrrole nitrogens is 2. The second-order valence-corrected chi connectivity index (χ2v) is 16.5. The molecule has 16 heteroatoms. The van der Waals surface area contributed by atoms with Gasteiger partial charge < -0.3 is 44.3 Å². The second kappa shape index (κ2) is 16.7. The van der Waals surface area contributed by atoms with Gasteiger partial charge in [0.1, 0.15) is 34.9 Å². The largest absolute Gasteiger partial charge is 0.456 e. The number of rotatable bonds is 10. The Labute approximate surface area is 351 Å². The molecule has 61 heavy (non-hydrogen) atoms. The number of hydrogen-bond acceptors (Lipinski definition) is 10. The molecule has 6 aromatic rings. The molecule has 16 nitrogen and oxygen atoms in total. The van der Waals surface area contributed by atoms with E-state index in [1.165, 1.54) is 14.2 Å². The number of carbonyl (C=O) groups excluding carboxylic acids is 4. The van der Waals surface area contributed by atoms with Crippen molar-refractivity contribution in [2.24, 2.45) is 11.8 Å². The van der Waals surface area contributed by atoms with Gasteiger partial charge in [0.15, 0.2) is 0 Å². The first-order chi connectivity index (χ1) is 29.3. The Hall–Kier alpha value is -6.71. The molecule has 318 valence electrons. The first-order valence-corrected chi connectivity index (χ1v) is 20.7. The van der Waals surface area contributed by atoms with Gasteiger partial charge in [0, 0.05) is 18.7 Å². The van der Waals surface area contributed by atoms with Crippen LogP contribution in [0.5, 0.6) is 0 Å². The molecular formula is C45H50N8O8. The first kappa shape index (κ1) is 41.0. The minimum absolute atomic E-state index is 0.137. The highest BCUT2D eigenvalue weighted by Crippen LogP contribution is 2.36. The van der Waals surface area contributed by atoms with Gasteiger partial charge in [-0.05, 0) is 91.1 Å². The Morgan fingerprint density at radius 3 is 1.93 bits per heavy atom. The monoisotopic (exact) mass is 830 g/mol. The van der Waals surface area contributed by atoms with Crippen LogP contribution in [0, 0.1) is 11.8 Å². The van der Waals surface area contributed by atoms with Crippen molar-refractivity contribution in [2.75, 3.05) is 27.3 Å². The summed E-state index contributed by atoms with van der Waals surface area (Å²) in [6, 6.07) is 14.8. The fourth-order valence-corrected chi connectivity index (χ4v) is 8.61. The Morgan fingerprint density at radius 1 is 0.721 bits per heavy atom. The van der Waals surface area contributed by atoms with Crippen LogP contribution in [0.15, 0.2) is 70.0 Å². The van der Waals surface area contributed by atoms with E-state index >= 15 is 0 Å². The smallest absolute Gasteiger partial charge is 0.407 e. The number of ether oxygens (including phenoxy) is 2. The van der Waals surface area contributed by atoms with Crippen LogP contribution in [-0.4, -0.2) is 93.1 Å². The fraction of sp³-hybridized carbons (Fsp3) is 0.400. The lowest BCUT2D eigenvalue weighted by Crippen LogP contribution is -2.51. The number of nitrogens with one attached hydrogen (secondary N) is 4. The zero-order chi connectivity index (χ0) is 43.1. The standard InChI is InChI=1S/C45H50N8O8/c1-23(2)37(50-44(57)59-5)42(55)52-17-7-9-33(52)40-46-22-32(49-40)27-13-16-35-29(19-27)39(54)28-14-11-26(21-36(28)61-35)25-12-15-30-31(20-25)48-41(47-30)34-10-8-18-53(34)43(56)38(24(3)4)51-45(58)60-6/h11-16,19-24,33-34,37-38H,7-10,17-18H2,1-6H3,(H,46,49)(H,47,48)(H,50,57)(H,51,58)/t33-,34-,37-,38-/m0/s1. The normalized spacial score (nSPS) is 17.7. The SMILES string of the molecule is COC(=O)N[C@H](C(=O)N1CCC[C@H]1c1ncc(-c2ccc3oc4cc(-c5ccc6nc([C@@H]7CCCN7C(=O)[C@@H](NC(=O)OC)C(C)C)[nH]c6c5)ccc4c(=O)c3c2)[nH]1)C(C)C. The van der Waals surface area contributed by atoms with Crippen molar-refractivity contribution in [3.63, 3.8) is 0 Å². The summed E-state index contributed by atoms with van der Waals surface area (Å²) in [6.45, 7) is 8.62. The third-order valence-corrected chi connectivity index (χ3v) is 11.9. The van der Waals surface area contributed by atoms with Gasteiger partial charge in [-0.15, -0.1) is 0 Å². The Balaban J connectivity index is 1.02. The molecule has 0 spiro atoms. The summed E-state index contributed by atoms with van der Waals surface area (Å²) in [5.41, 5.74) is 5.46. The number of fused-ring (bicyclic) bond motifs is 3. The van der Waals surface area contributed by atoms with Crippen molar-refractivity contribution in [1.29, 1.82) is 0 Å². The number of aromatic amines is 2. The van der Waals surface area contributed by atoms with E-state index in [2.05, 4.69) is 25.6 Å². The number of alkyl carbamates (subject to hydrolysis) is 2. The van der Waals surface area contributed by atoms with Crippen molar-refractivity contribution in [1.82, 2.24) is 40.4 Å². The lowest BCUT2D eigenvalue weighted by Gasteiger charge is -2.30. The van der Waals surface area contributed by atoms with Crippen molar-refractivity contribution in [2.45, 2.75) is 77.5 Å². The molecular weight excluding hydrogens is 781 g/mol. The van der Waals surface area contributed by atoms with Crippen molar-refractivity contribution < 1.29 is 33.1 Å². The Morgan fingerprint density at radius 2 is 1.31 bits per heavy atom. The summed E-state index contributed by atoms with van der Waals surface area (Å²) >= 11 is 0. The highest BCUT2D eigenvalue weighted by molar-refractivity contribution is 5.94. The van der Waals surface area contributed by atoms with E-state index in [0.717, 1.165) is 47.0 Å². The quantitative estimate of drug-likeness (QED) is 0.104. The summed E-state index contributed by atoms with van der Waals surface area (Å²) in [7, 11) is 2.55. The number of imidazole rings is 2. The van der Waals surface area contributed by atoms with Crippen LogP contribution in [0.1, 0.15) is 77.1 Å². The number of nitrogens with zero attached hydrogens (tertiary/aromatic N) is 4. The van der Waals surface area contributed by atoms with Crippen LogP contribution in [0.4, 0.5) is 9.59 Å². The molecule has 3 aromatic carbocycles. The summed E-state index contributed by atoms with van der Waals surface area (Å²) in [4.78, 5) is 85.2. The van der Waals surface area contributed by atoms with E-state index in [9.17, 15) is 24.0 Å². The van der Waals surface area contributed by atoms with Gasteiger partial charge in [-0.3, -0.25) is 14.4 Å². The van der Waals surface area contributed by atoms with E-state index in [0.29, 0.717) is 58.8 Å². The van der Waals surface area contributed by atoms with Crippen LogP contribution >= 0.6 is 0 Å². The molecule has 0 unspecified atom stereocenters. The van der Waals surface area contributed by atoms with E-state index in [-0.39, 0.29) is 41.2 Å². The topological polar surface area (TPSA) is 205 Å². The zero-order valence-electron chi connectivity index (χ0n) is 35.0. The molecule has 0 bridgehead atoms. The van der Waals surface area contributed by atoms with Gasteiger partial charge in [0.25, 0.3) is 0 Å². The molecule has 0 radical (unpaired) electrons. The highest BCUT2D eigenvalue weighted by atomic mass is 16.5. The third kappa shape index (κ3) is 7.89. The molecule has 4 amide bonds. The summed E-state index contributed by atoms with van der Waals surface area (Å²) in [6.07, 6.45) is 3.46. The minimum atomic E-state index is -0.738. The van der Waals surface area contributed by atoms with Crippen LogP contribution in [0.2, 0.25) is 0 Å². The summed E-state index contributed by atoms with van der Waals surface area (Å²) < 4.78 is 15.9. The summed E-state index contributed by atoms with van der Waals surface area (Å²) in [5, 5.41) is 6.23. The molecule has 2 aliphatic rings. The number of carbonyl (C=O) groups is 4. The van der Waals surface area contributed by atoms with Gasteiger partial charge in [-0.1, -0.05) is 39.8 Å². The molecule has 3 aromatic heterocycles. The van der Waals surface area contributed by atoms with Gasteiger partial charge in [-0.2, -0.15) is 0 Å². The van der Waals surface area contributed by atoms with Gasteiger partial charge in [0.2, 0.25) is 17.2 Å². The number of methoxy groups -OCH3 is 2. The number of hydrogen-bond donors (Lipinski definition) is 4. The van der Waals surface area contributed by atoms with Crippen molar-refractivity contribution in [3.05, 3.63) is 82.7 Å². The van der Waals surface area contributed by atoms with E-state index in [1.54, 1.807) is 34.2 Å². The average Bonchev–Trinajstić information content (AvgIpc) is 4.10. The maximum absolute atomic E-state index is 14.0. The molecule has 4 atom stereocenters. The lowest BCUT2D eigenvalue weighted by atomic mass is 10.0. The molecule has 8 rings (SSSR count). The average molecular weight is 831 g/mol. The van der Waals surface area contributed by atoms with Crippen LogP contribution < -0.4 is 16.1 Å². The van der Waals surface area contributed by atoms with Gasteiger partial charge in [0.05, 0.1) is 60.0 Å². The predicted octanol–water partition coefficient (Wildman–Crippen LogP) is 6.97. The maximum atomic E-state index is 14.0. The fourth-order valence-electron chi connectivity index (χ4n) is 8.61. The Kier molecular flexibility index (Phi) is 11.3. The van der Waals surface area contributed by atoms with Gasteiger partial charge in [-0.25, -0.2) is 19.6 Å².